The highest BCUT2D eigenvalue weighted by atomic mass is 16.5. The summed E-state index contributed by atoms with van der Waals surface area (Å²) in [5.74, 6) is -1.29. The van der Waals surface area contributed by atoms with Crippen molar-refractivity contribution < 1.29 is 38.5 Å². The topological polar surface area (TPSA) is 135 Å². The fraction of sp³-hybridized carbons (Fsp3) is 0.211. The highest BCUT2D eigenvalue weighted by molar-refractivity contribution is 6.14. The lowest BCUT2D eigenvalue weighted by Crippen LogP contribution is -2.49. The lowest BCUT2D eigenvalue weighted by atomic mass is 10.1. The van der Waals surface area contributed by atoms with Gasteiger partial charge in [0.25, 0.3) is 5.91 Å². The molecule has 0 spiro atoms. The minimum absolute atomic E-state index is 0.0982. The Bertz CT molecular complexity index is 929. The Labute approximate surface area is 159 Å². The van der Waals surface area contributed by atoms with Gasteiger partial charge in [0.1, 0.15) is 17.3 Å². The van der Waals surface area contributed by atoms with Crippen LogP contribution in [0.3, 0.4) is 0 Å². The van der Waals surface area contributed by atoms with Crippen molar-refractivity contribution in [1.29, 1.82) is 0 Å². The van der Waals surface area contributed by atoms with Gasteiger partial charge in [0, 0.05) is 12.1 Å². The third-order valence-electron chi connectivity index (χ3n) is 3.89. The number of furan rings is 1. The summed E-state index contributed by atoms with van der Waals surface area (Å²) in [5.41, 5.74) is 0.342. The van der Waals surface area contributed by atoms with Gasteiger partial charge in [-0.1, -0.05) is 0 Å². The maximum atomic E-state index is 12.3. The Kier molecular flexibility index (Phi) is 5.46. The third kappa shape index (κ3) is 4.21. The van der Waals surface area contributed by atoms with E-state index in [0.29, 0.717) is 11.3 Å². The van der Waals surface area contributed by atoms with E-state index in [1.165, 1.54) is 37.5 Å². The van der Waals surface area contributed by atoms with Crippen LogP contribution < -0.4 is 14.8 Å². The number of hydrogen-bond acceptors (Lipinski definition) is 7. The number of amides is 1. The Morgan fingerprint density at radius 1 is 1.32 bits per heavy atom. The van der Waals surface area contributed by atoms with E-state index < -0.39 is 30.6 Å². The van der Waals surface area contributed by atoms with Crippen LogP contribution in [0, 0.1) is 0 Å². The summed E-state index contributed by atoms with van der Waals surface area (Å²) in [6, 6.07) is 6.37. The molecule has 1 amide bonds. The molecule has 1 aromatic heterocycles. The molecule has 0 saturated carbocycles. The summed E-state index contributed by atoms with van der Waals surface area (Å²) in [4.78, 5) is 35.1. The summed E-state index contributed by atoms with van der Waals surface area (Å²) in [6.07, 6.45) is 1.68. The molecular weight excluding hydrogens is 370 g/mol. The molecule has 9 nitrogen and oxygen atoms in total. The van der Waals surface area contributed by atoms with E-state index in [0.717, 1.165) is 0 Å². The second-order valence-corrected chi connectivity index (χ2v) is 6.03. The molecule has 9 heteroatoms. The van der Waals surface area contributed by atoms with Crippen molar-refractivity contribution >= 4 is 23.7 Å². The largest absolute Gasteiger partial charge is 0.484 e. The first-order valence-electron chi connectivity index (χ1n) is 8.30. The van der Waals surface area contributed by atoms with E-state index in [-0.39, 0.29) is 23.0 Å². The molecule has 146 valence electrons. The molecule has 1 aromatic carbocycles. The van der Waals surface area contributed by atoms with Crippen molar-refractivity contribution in [3.8, 4) is 11.5 Å². The molecule has 1 aliphatic rings. The number of fused-ring (bicyclic) bond motifs is 1. The van der Waals surface area contributed by atoms with E-state index >= 15 is 0 Å². The second-order valence-electron chi connectivity index (χ2n) is 6.03. The molecule has 0 bridgehead atoms. The minimum atomic E-state index is -1.44. The SMILES string of the molecule is CC(O)C(NC(=O)COc1ccc2c(c1)OC(=Cc1ccco1)C2=O)C(=O)O. The summed E-state index contributed by atoms with van der Waals surface area (Å²) >= 11 is 0. The number of aliphatic hydroxyl groups is 1. The number of nitrogens with one attached hydrogen (secondary N) is 1. The zero-order valence-corrected chi connectivity index (χ0v) is 14.7. The highest BCUT2D eigenvalue weighted by Gasteiger charge is 2.28. The van der Waals surface area contributed by atoms with Crippen molar-refractivity contribution in [3.63, 3.8) is 0 Å². The summed E-state index contributed by atoms with van der Waals surface area (Å²) in [5, 5.41) is 20.5. The van der Waals surface area contributed by atoms with Gasteiger partial charge >= 0.3 is 5.97 Å². The van der Waals surface area contributed by atoms with Crippen LogP contribution in [-0.2, 0) is 9.59 Å². The number of carboxylic acids is 1. The summed E-state index contributed by atoms with van der Waals surface area (Å²) in [7, 11) is 0. The average molecular weight is 387 g/mol. The molecule has 2 aromatic rings. The van der Waals surface area contributed by atoms with Gasteiger partial charge in [-0.25, -0.2) is 4.79 Å². The van der Waals surface area contributed by atoms with E-state index in [1.807, 2.05) is 0 Å². The van der Waals surface area contributed by atoms with Gasteiger partial charge in [-0.2, -0.15) is 0 Å². The molecule has 28 heavy (non-hydrogen) atoms. The van der Waals surface area contributed by atoms with Crippen molar-refractivity contribution in [2.24, 2.45) is 0 Å². The van der Waals surface area contributed by atoms with Crippen molar-refractivity contribution in [2.75, 3.05) is 6.61 Å². The average Bonchev–Trinajstić information content (AvgIpc) is 3.26. The fourth-order valence-corrected chi connectivity index (χ4v) is 2.51. The molecule has 2 heterocycles. The standard InChI is InChI=1S/C19H17NO8/c1-10(21)17(19(24)25)20-16(22)9-27-12-4-5-13-14(7-12)28-15(18(13)23)8-11-3-2-6-26-11/h2-8,10,17,21H,9H2,1H3,(H,20,22)(H,24,25). The van der Waals surface area contributed by atoms with E-state index in [4.69, 9.17) is 19.0 Å². The zero-order valence-electron chi connectivity index (χ0n) is 14.7. The van der Waals surface area contributed by atoms with Crippen LogP contribution in [0.5, 0.6) is 11.5 Å². The monoisotopic (exact) mass is 387 g/mol. The minimum Gasteiger partial charge on any atom is -0.484 e. The van der Waals surface area contributed by atoms with Gasteiger partial charge in [0.15, 0.2) is 18.4 Å². The molecule has 0 aliphatic carbocycles. The smallest absolute Gasteiger partial charge is 0.328 e. The molecule has 1 aliphatic heterocycles. The third-order valence-corrected chi connectivity index (χ3v) is 3.89. The van der Waals surface area contributed by atoms with Gasteiger partial charge in [0.2, 0.25) is 5.78 Å². The number of carboxylic acid groups (broad SMARTS) is 1. The predicted octanol–water partition coefficient (Wildman–Crippen LogP) is 1.22. The van der Waals surface area contributed by atoms with Gasteiger partial charge in [0.05, 0.1) is 17.9 Å². The van der Waals surface area contributed by atoms with Crippen molar-refractivity contribution in [3.05, 3.63) is 53.7 Å². The molecule has 0 radical (unpaired) electrons. The van der Waals surface area contributed by atoms with Crippen LogP contribution in [0.4, 0.5) is 0 Å². The molecular formula is C19H17NO8. The normalized spacial score (nSPS) is 16.2. The number of aliphatic carboxylic acids is 1. The van der Waals surface area contributed by atoms with Gasteiger partial charge < -0.3 is 29.4 Å². The van der Waals surface area contributed by atoms with E-state index in [2.05, 4.69) is 5.32 Å². The number of aliphatic hydroxyl groups excluding tert-OH is 1. The Morgan fingerprint density at radius 2 is 2.11 bits per heavy atom. The zero-order chi connectivity index (χ0) is 20.3. The van der Waals surface area contributed by atoms with Gasteiger partial charge in [-0.3, -0.25) is 9.59 Å². The molecule has 0 fully saturated rings. The number of Topliss-reactive ketones (excluding diaryl/α,β-unsaturated/α-hetero) is 1. The summed E-state index contributed by atoms with van der Waals surface area (Å²) in [6.45, 7) is 0.779. The quantitative estimate of drug-likeness (QED) is 0.604. The second kappa shape index (κ2) is 7.97. The number of hydrogen-bond donors (Lipinski definition) is 3. The first-order valence-corrected chi connectivity index (χ1v) is 8.30. The lowest BCUT2D eigenvalue weighted by Gasteiger charge is -2.17. The Hall–Kier alpha value is -3.59. The Balaban J connectivity index is 1.64. The maximum absolute atomic E-state index is 12.3. The number of ether oxygens (including phenoxy) is 2. The van der Waals surface area contributed by atoms with Crippen LogP contribution in [0.25, 0.3) is 6.08 Å². The molecule has 0 saturated heterocycles. The number of rotatable bonds is 7. The summed E-state index contributed by atoms with van der Waals surface area (Å²) < 4.78 is 16.0. The predicted molar refractivity (Wildman–Crippen MR) is 94.8 cm³/mol. The number of benzene rings is 1. The van der Waals surface area contributed by atoms with E-state index in [9.17, 15) is 19.5 Å². The van der Waals surface area contributed by atoms with E-state index in [1.54, 1.807) is 12.1 Å². The number of carbonyl (C=O) groups excluding carboxylic acids is 2. The van der Waals surface area contributed by atoms with Gasteiger partial charge in [-0.15, -0.1) is 0 Å². The van der Waals surface area contributed by atoms with Crippen molar-refractivity contribution in [1.82, 2.24) is 5.32 Å². The molecule has 3 N–H and O–H groups in total. The maximum Gasteiger partial charge on any atom is 0.328 e. The van der Waals surface area contributed by atoms with Crippen LogP contribution >= 0.6 is 0 Å². The highest BCUT2D eigenvalue weighted by Crippen LogP contribution is 2.34. The molecule has 2 unspecified atom stereocenters. The number of allylic oxidation sites excluding steroid dienone is 1. The van der Waals surface area contributed by atoms with Crippen LogP contribution in [0.1, 0.15) is 23.0 Å². The first kappa shape index (κ1) is 19.2. The molecule has 3 rings (SSSR count). The van der Waals surface area contributed by atoms with Crippen LogP contribution in [0.15, 0.2) is 46.8 Å². The Morgan fingerprint density at radius 3 is 2.75 bits per heavy atom. The van der Waals surface area contributed by atoms with Crippen LogP contribution in [0.2, 0.25) is 0 Å². The molecule has 2 atom stereocenters. The fourth-order valence-electron chi connectivity index (χ4n) is 2.51. The first-order chi connectivity index (χ1) is 13.3. The lowest BCUT2D eigenvalue weighted by molar-refractivity contribution is -0.145. The number of ketones is 1. The van der Waals surface area contributed by atoms with Crippen molar-refractivity contribution in [2.45, 2.75) is 19.1 Å². The van der Waals surface area contributed by atoms with Gasteiger partial charge in [-0.05, 0) is 31.2 Å². The van der Waals surface area contributed by atoms with Crippen LogP contribution in [-0.4, -0.2) is 46.6 Å². The number of carbonyl (C=O) groups is 3.